The van der Waals surface area contributed by atoms with Crippen molar-refractivity contribution in [2.24, 2.45) is 5.73 Å². The van der Waals surface area contributed by atoms with Crippen molar-refractivity contribution in [2.45, 2.75) is 13.5 Å². The summed E-state index contributed by atoms with van der Waals surface area (Å²) in [5.74, 6) is 1.50. The van der Waals surface area contributed by atoms with Crippen molar-refractivity contribution in [3.63, 3.8) is 0 Å². The van der Waals surface area contributed by atoms with E-state index in [4.69, 9.17) is 15.2 Å². The zero-order valence-electron chi connectivity index (χ0n) is 8.04. The average molecular weight is 181 g/mol. The molecule has 0 amide bonds. The molecule has 0 aliphatic carbocycles. The number of nitrogens with two attached hydrogens (primary N) is 1. The van der Waals surface area contributed by atoms with Crippen molar-refractivity contribution in [3.05, 3.63) is 23.8 Å². The van der Waals surface area contributed by atoms with Gasteiger partial charge >= 0.3 is 0 Å². The molecule has 0 fully saturated rings. The molecule has 2 N–H and O–H groups in total. The minimum absolute atomic E-state index is 0.462. The zero-order valence-corrected chi connectivity index (χ0v) is 8.04. The Bertz CT molecular complexity index is 274. The average Bonchev–Trinajstić information content (AvgIpc) is 2.18. The van der Waals surface area contributed by atoms with Crippen molar-refractivity contribution >= 4 is 0 Å². The van der Waals surface area contributed by atoms with E-state index in [1.54, 1.807) is 7.11 Å². The van der Waals surface area contributed by atoms with Crippen molar-refractivity contribution in [3.8, 4) is 11.5 Å². The van der Waals surface area contributed by atoms with Crippen molar-refractivity contribution in [1.82, 2.24) is 0 Å². The van der Waals surface area contributed by atoms with Gasteiger partial charge in [0.2, 0.25) is 0 Å². The smallest absolute Gasteiger partial charge is 0.165 e. The molecule has 1 aromatic carbocycles. The molecule has 0 radical (unpaired) electrons. The van der Waals surface area contributed by atoms with Crippen molar-refractivity contribution in [2.75, 3.05) is 13.7 Å². The second-order valence-electron chi connectivity index (χ2n) is 2.59. The molecule has 0 aromatic heterocycles. The number of methoxy groups -OCH3 is 1. The molecule has 1 rings (SSSR count). The van der Waals surface area contributed by atoms with Gasteiger partial charge in [-0.3, -0.25) is 0 Å². The third-order valence-corrected chi connectivity index (χ3v) is 1.78. The van der Waals surface area contributed by atoms with Crippen LogP contribution in [0.5, 0.6) is 11.5 Å². The Labute approximate surface area is 78.5 Å². The van der Waals surface area contributed by atoms with Crippen molar-refractivity contribution < 1.29 is 9.47 Å². The molecule has 0 unspecified atom stereocenters. The standard InChI is InChI=1S/C10H15NO2/c1-3-13-9-6-4-5-8(7-11)10(9)12-2/h4-6H,3,7,11H2,1-2H3. The largest absolute Gasteiger partial charge is 0.493 e. The summed E-state index contributed by atoms with van der Waals surface area (Å²) in [5.41, 5.74) is 6.52. The Morgan fingerprint density at radius 3 is 2.69 bits per heavy atom. The first kappa shape index (κ1) is 9.86. The first-order chi connectivity index (χ1) is 6.33. The minimum Gasteiger partial charge on any atom is -0.493 e. The van der Waals surface area contributed by atoms with Gasteiger partial charge in [0.05, 0.1) is 13.7 Å². The quantitative estimate of drug-likeness (QED) is 0.766. The Morgan fingerprint density at radius 1 is 1.38 bits per heavy atom. The highest BCUT2D eigenvalue weighted by Crippen LogP contribution is 2.30. The predicted octanol–water partition coefficient (Wildman–Crippen LogP) is 1.55. The summed E-state index contributed by atoms with van der Waals surface area (Å²) in [4.78, 5) is 0. The molecule has 1 aromatic rings. The number of benzene rings is 1. The van der Waals surface area contributed by atoms with E-state index in [0.29, 0.717) is 13.2 Å². The van der Waals surface area contributed by atoms with Gasteiger partial charge in [-0.05, 0) is 13.0 Å². The summed E-state index contributed by atoms with van der Waals surface area (Å²) >= 11 is 0. The van der Waals surface area contributed by atoms with E-state index in [1.165, 1.54) is 0 Å². The maximum absolute atomic E-state index is 5.56. The highest BCUT2D eigenvalue weighted by atomic mass is 16.5. The topological polar surface area (TPSA) is 44.5 Å². The van der Waals surface area contributed by atoms with Gasteiger partial charge in [-0.1, -0.05) is 12.1 Å². The Hall–Kier alpha value is -1.22. The summed E-state index contributed by atoms with van der Waals surface area (Å²) < 4.78 is 10.6. The van der Waals surface area contributed by atoms with Gasteiger partial charge in [0.25, 0.3) is 0 Å². The van der Waals surface area contributed by atoms with Gasteiger partial charge < -0.3 is 15.2 Å². The van der Waals surface area contributed by atoms with Crippen LogP contribution in [-0.4, -0.2) is 13.7 Å². The van der Waals surface area contributed by atoms with E-state index in [2.05, 4.69) is 0 Å². The zero-order chi connectivity index (χ0) is 9.68. The molecular formula is C10H15NO2. The Morgan fingerprint density at radius 2 is 2.15 bits per heavy atom. The first-order valence-corrected chi connectivity index (χ1v) is 4.32. The maximum Gasteiger partial charge on any atom is 0.165 e. The van der Waals surface area contributed by atoms with Crippen LogP contribution in [0.4, 0.5) is 0 Å². The molecule has 0 bridgehead atoms. The van der Waals surface area contributed by atoms with Crippen LogP contribution in [0.15, 0.2) is 18.2 Å². The van der Waals surface area contributed by atoms with E-state index < -0.39 is 0 Å². The van der Waals surface area contributed by atoms with Gasteiger partial charge in [-0.15, -0.1) is 0 Å². The monoisotopic (exact) mass is 181 g/mol. The molecule has 0 saturated carbocycles. The molecule has 0 aliphatic rings. The fourth-order valence-electron chi connectivity index (χ4n) is 1.22. The second-order valence-corrected chi connectivity index (χ2v) is 2.59. The Balaban J connectivity index is 3.03. The number of hydrogen-bond acceptors (Lipinski definition) is 3. The predicted molar refractivity (Wildman–Crippen MR) is 52.1 cm³/mol. The summed E-state index contributed by atoms with van der Waals surface area (Å²) in [6.45, 7) is 3.03. The lowest BCUT2D eigenvalue weighted by atomic mass is 10.2. The van der Waals surface area contributed by atoms with Crippen LogP contribution in [0, 0.1) is 0 Å². The summed E-state index contributed by atoms with van der Waals surface area (Å²) in [7, 11) is 1.62. The molecule has 0 heterocycles. The van der Waals surface area contributed by atoms with Gasteiger partial charge in [0.15, 0.2) is 11.5 Å². The van der Waals surface area contributed by atoms with Gasteiger partial charge in [0.1, 0.15) is 0 Å². The van der Waals surface area contributed by atoms with Crippen LogP contribution in [0.25, 0.3) is 0 Å². The van der Waals surface area contributed by atoms with Crippen LogP contribution < -0.4 is 15.2 Å². The van der Waals surface area contributed by atoms with Crippen LogP contribution in [0.3, 0.4) is 0 Å². The maximum atomic E-state index is 5.56. The summed E-state index contributed by atoms with van der Waals surface area (Å²) in [5, 5.41) is 0. The molecule has 0 spiro atoms. The number of rotatable bonds is 4. The highest BCUT2D eigenvalue weighted by molar-refractivity contribution is 5.46. The lowest BCUT2D eigenvalue weighted by Gasteiger charge is -2.11. The van der Waals surface area contributed by atoms with E-state index in [0.717, 1.165) is 17.1 Å². The lowest BCUT2D eigenvalue weighted by Crippen LogP contribution is -2.02. The van der Waals surface area contributed by atoms with Crippen molar-refractivity contribution in [1.29, 1.82) is 0 Å². The molecule has 0 atom stereocenters. The molecule has 0 aliphatic heterocycles. The molecule has 72 valence electrons. The highest BCUT2D eigenvalue weighted by Gasteiger charge is 2.07. The van der Waals surface area contributed by atoms with Gasteiger partial charge in [0, 0.05) is 12.1 Å². The van der Waals surface area contributed by atoms with E-state index in [-0.39, 0.29) is 0 Å². The van der Waals surface area contributed by atoms with Crippen LogP contribution in [0.2, 0.25) is 0 Å². The first-order valence-electron chi connectivity index (χ1n) is 4.32. The Kier molecular flexibility index (Phi) is 3.58. The lowest BCUT2D eigenvalue weighted by molar-refractivity contribution is 0.309. The fourth-order valence-corrected chi connectivity index (χ4v) is 1.22. The summed E-state index contributed by atoms with van der Waals surface area (Å²) in [6, 6.07) is 5.72. The minimum atomic E-state index is 0.462. The normalized spacial score (nSPS) is 9.77. The van der Waals surface area contributed by atoms with E-state index in [9.17, 15) is 0 Å². The number of hydrogen-bond donors (Lipinski definition) is 1. The molecule has 13 heavy (non-hydrogen) atoms. The third-order valence-electron chi connectivity index (χ3n) is 1.78. The fraction of sp³-hybridized carbons (Fsp3) is 0.400. The molecular weight excluding hydrogens is 166 g/mol. The SMILES string of the molecule is CCOc1cccc(CN)c1OC. The number of ether oxygens (including phenoxy) is 2. The third kappa shape index (κ3) is 2.12. The molecule has 0 saturated heterocycles. The number of para-hydroxylation sites is 1. The van der Waals surface area contributed by atoms with E-state index in [1.807, 2.05) is 25.1 Å². The van der Waals surface area contributed by atoms with Gasteiger partial charge in [-0.2, -0.15) is 0 Å². The van der Waals surface area contributed by atoms with Crippen LogP contribution >= 0.6 is 0 Å². The summed E-state index contributed by atoms with van der Waals surface area (Å²) in [6.07, 6.45) is 0. The van der Waals surface area contributed by atoms with E-state index >= 15 is 0 Å². The second kappa shape index (κ2) is 4.72. The van der Waals surface area contributed by atoms with Crippen LogP contribution in [-0.2, 0) is 6.54 Å². The van der Waals surface area contributed by atoms with Gasteiger partial charge in [-0.25, -0.2) is 0 Å². The van der Waals surface area contributed by atoms with Crippen LogP contribution in [0.1, 0.15) is 12.5 Å². The molecule has 3 heteroatoms. The molecule has 3 nitrogen and oxygen atoms in total.